The van der Waals surface area contributed by atoms with Gasteiger partial charge in [0.15, 0.2) is 15.6 Å². The van der Waals surface area contributed by atoms with E-state index in [0.717, 1.165) is 12.1 Å². The minimum atomic E-state index is -3.66. The lowest BCUT2D eigenvalue weighted by Crippen LogP contribution is -2.35. The maximum absolute atomic E-state index is 12.7. The smallest absolute Gasteiger partial charge is 0.183 e. The molecule has 0 aliphatic rings. The standard InChI is InChI=1S/C11H13FO4S/c1-2-17(15,16)10(7-13)11(14)8-3-5-9(12)6-4-8/h3-6,10,13H,2,7H2,1H3/t10-/m1/s1. The third kappa shape index (κ3) is 3.10. The number of aliphatic hydroxyl groups is 1. The zero-order chi connectivity index (χ0) is 13.1. The van der Waals surface area contributed by atoms with Gasteiger partial charge in [0.25, 0.3) is 0 Å². The number of ketones is 1. The molecule has 0 amide bonds. The van der Waals surface area contributed by atoms with Gasteiger partial charge in [-0.3, -0.25) is 4.79 Å². The molecule has 17 heavy (non-hydrogen) atoms. The fourth-order valence-electron chi connectivity index (χ4n) is 1.36. The first kappa shape index (κ1) is 13.8. The number of hydrogen-bond acceptors (Lipinski definition) is 4. The fourth-order valence-corrected chi connectivity index (χ4v) is 2.45. The highest BCUT2D eigenvalue weighted by atomic mass is 32.2. The van der Waals surface area contributed by atoms with E-state index in [1.54, 1.807) is 0 Å². The Kier molecular flexibility index (Phi) is 4.36. The van der Waals surface area contributed by atoms with Gasteiger partial charge in [-0.05, 0) is 24.3 Å². The summed E-state index contributed by atoms with van der Waals surface area (Å²) in [6.07, 6.45) is 0. The van der Waals surface area contributed by atoms with Crippen LogP contribution in [0.15, 0.2) is 24.3 Å². The number of sulfone groups is 1. The van der Waals surface area contributed by atoms with Crippen molar-refractivity contribution in [3.8, 4) is 0 Å². The third-order valence-corrected chi connectivity index (χ3v) is 4.46. The molecular formula is C11H13FO4S. The molecular weight excluding hydrogens is 247 g/mol. The normalized spacial score (nSPS) is 13.4. The molecule has 94 valence electrons. The zero-order valence-electron chi connectivity index (χ0n) is 9.26. The summed E-state index contributed by atoms with van der Waals surface area (Å²) in [7, 11) is -3.66. The van der Waals surface area contributed by atoms with Crippen molar-refractivity contribution in [3.63, 3.8) is 0 Å². The molecule has 0 aliphatic heterocycles. The number of aliphatic hydroxyl groups excluding tert-OH is 1. The van der Waals surface area contributed by atoms with Gasteiger partial charge in [-0.2, -0.15) is 0 Å². The third-order valence-electron chi connectivity index (χ3n) is 2.42. The lowest BCUT2D eigenvalue weighted by atomic mass is 10.1. The molecule has 0 aromatic heterocycles. The van der Waals surface area contributed by atoms with Crippen LogP contribution < -0.4 is 0 Å². The van der Waals surface area contributed by atoms with Crippen molar-refractivity contribution < 1.29 is 22.7 Å². The first-order valence-corrected chi connectivity index (χ1v) is 6.76. The molecule has 1 aromatic rings. The Balaban J connectivity index is 3.07. The first-order valence-electron chi connectivity index (χ1n) is 5.04. The Hall–Kier alpha value is -1.27. The number of carbonyl (C=O) groups is 1. The Morgan fingerprint density at radius 1 is 1.35 bits per heavy atom. The van der Waals surface area contributed by atoms with Crippen molar-refractivity contribution in [2.75, 3.05) is 12.4 Å². The number of Topliss-reactive ketones (excluding diaryl/α,β-unsaturated/α-hetero) is 1. The molecule has 1 N–H and O–H groups in total. The molecule has 0 heterocycles. The summed E-state index contributed by atoms with van der Waals surface area (Å²) in [4.78, 5) is 11.8. The molecule has 0 spiro atoms. The van der Waals surface area contributed by atoms with E-state index in [4.69, 9.17) is 5.11 Å². The van der Waals surface area contributed by atoms with Crippen LogP contribution in [0.3, 0.4) is 0 Å². The summed E-state index contributed by atoms with van der Waals surface area (Å²) >= 11 is 0. The number of benzene rings is 1. The first-order chi connectivity index (χ1) is 7.92. The van der Waals surface area contributed by atoms with Crippen molar-refractivity contribution >= 4 is 15.6 Å². The van der Waals surface area contributed by atoms with Crippen LogP contribution in [0.4, 0.5) is 4.39 Å². The number of carbonyl (C=O) groups excluding carboxylic acids is 1. The van der Waals surface area contributed by atoms with Gasteiger partial charge in [0.1, 0.15) is 11.1 Å². The molecule has 1 rings (SSSR count). The van der Waals surface area contributed by atoms with Gasteiger partial charge in [0.2, 0.25) is 0 Å². The van der Waals surface area contributed by atoms with Crippen LogP contribution in [0.5, 0.6) is 0 Å². The lowest BCUT2D eigenvalue weighted by Gasteiger charge is -2.12. The molecule has 0 saturated heterocycles. The monoisotopic (exact) mass is 260 g/mol. The predicted octanol–water partition coefficient (Wildman–Crippen LogP) is 0.804. The quantitative estimate of drug-likeness (QED) is 0.795. The summed E-state index contributed by atoms with van der Waals surface area (Å²) < 4.78 is 35.8. The molecule has 0 bridgehead atoms. The van der Waals surface area contributed by atoms with Crippen LogP contribution in [-0.4, -0.2) is 36.9 Å². The minimum absolute atomic E-state index is 0.0717. The zero-order valence-corrected chi connectivity index (χ0v) is 10.1. The van der Waals surface area contributed by atoms with E-state index in [9.17, 15) is 17.6 Å². The highest BCUT2D eigenvalue weighted by Gasteiger charge is 2.31. The predicted molar refractivity (Wildman–Crippen MR) is 61.1 cm³/mol. The second-order valence-corrected chi connectivity index (χ2v) is 5.97. The molecule has 0 aliphatic carbocycles. The van der Waals surface area contributed by atoms with Gasteiger partial charge in [-0.15, -0.1) is 0 Å². The van der Waals surface area contributed by atoms with Gasteiger partial charge < -0.3 is 5.11 Å². The van der Waals surface area contributed by atoms with Crippen molar-refractivity contribution in [2.45, 2.75) is 12.2 Å². The van der Waals surface area contributed by atoms with Gasteiger partial charge in [-0.25, -0.2) is 12.8 Å². The maximum Gasteiger partial charge on any atom is 0.183 e. The van der Waals surface area contributed by atoms with E-state index in [0.29, 0.717) is 0 Å². The Labute approximate surface area is 99.0 Å². The molecule has 0 saturated carbocycles. The highest BCUT2D eigenvalue weighted by molar-refractivity contribution is 7.92. The van der Waals surface area contributed by atoms with Crippen LogP contribution in [-0.2, 0) is 9.84 Å². The van der Waals surface area contributed by atoms with Crippen LogP contribution in [0.2, 0.25) is 0 Å². The highest BCUT2D eigenvalue weighted by Crippen LogP contribution is 2.12. The number of rotatable bonds is 5. The summed E-state index contributed by atoms with van der Waals surface area (Å²) in [6.45, 7) is 0.627. The van der Waals surface area contributed by atoms with Crippen LogP contribution in [0.1, 0.15) is 17.3 Å². The van der Waals surface area contributed by atoms with E-state index in [1.165, 1.54) is 19.1 Å². The van der Waals surface area contributed by atoms with E-state index in [2.05, 4.69) is 0 Å². The van der Waals surface area contributed by atoms with E-state index in [-0.39, 0.29) is 11.3 Å². The SMILES string of the molecule is CCS(=O)(=O)[C@H](CO)C(=O)c1ccc(F)cc1. The van der Waals surface area contributed by atoms with Gasteiger partial charge in [0.05, 0.1) is 6.61 Å². The maximum atomic E-state index is 12.7. The Morgan fingerprint density at radius 2 is 1.88 bits per heavy atom. The van der Waals surface area contributed by atoms with Crippen molar-refractivity contribution in [3.05, 3.63) is 35.6 Å². The van der Waals surface area contributed by atoms with Crippen LogP contribution in [0.25, 0.3) is 0 Å². The molecule has 0 fully saturated rings. The van der Waals surface area contributed by atoms with E-state index < -0.39 is 33.3 Å². The molecule has 6 heteroatoms. The van der Waals surface area contributed by atoms with E-state index >= 15 is 0 Å². The largest absolute Gasteiger partial charge is 0.395 e. The molecule has 1 atom stereocenters. The molecule has 4 nitrogen and oxygen atoms in total. The second kappa shape index (κ2) is 5.37. The van der Waals surface area contributed by atoms with Gasteiger partial charge in [-0.1, -0.05) is 6.92 Å². The summed E-state index contributed by atoms with van der Waals surface area (Å²) in [5, 5.41) is 7.53. The Morgan fingerprint density at radius 3 is 2.29 bits per heavy atom. The van der Waals surface area contributed by atoms with Gasteiger partial charge in [0, 0.05) is 11.3 Å². The summed E-state index contributed by atoms with van der Waals surface area (Å²) in [6, 6.07) is 4.54. The summed E-state index contributed by atoms with van der Waals surface area (Å²) in [5.41, 5.74) is 0.0717. The topological polar surface area (TPSA) is 71.4 Å². The van der Waals surface area contributed by atoms with Gasteiger partial charge >= 0.3 is 0 Å². The van der Waals surface area contributed by atoms with Crippen molar-refractivity contribution in [2.24, 2.45) is 0 Å². The van der Waals surface area contributed by atoms with Crippen molar-refractivity contribution in [1.29, 1.82) is 0 Å². The van der Waals surface area contributed by atoms with Crippen molar-refractivity contribution in [1.82, 2.24) is 0 Å². The second-order valence-electron chi connectivity index (χ2n) is 3.49. The Bertz CT molecular complexity index is 493. The molecule has 0 unspecified atom stereocenters. The van der Waals surface area contributed by atoms with Crippen LogP contribution in [0, 0.1) is 5.82 Å². The molecule has 0 radical (unpaired) electrons. The molecule has 1 aromatic carbocycles. The lowest BCUT2D eigenvalue weighted by molar-refractivity contribution is 0.0961. The average molecular weight is 260 g/mol. The van der Waals surface area contributed by atoms with E-state index in [1.807, 2.05) is 0 Å². The minimum Gasteiger partial charge on any atom is -0.395 e. The number of hydrogen-bond donors (Lipinski definition) is 1. The fraction of sp³-hybridized carbons (Fsp3) is 0.364. The number of halogens is 1. The summed E-state index contributed by atoms with van der Waals surface area (Å²) in [5.74, 6) is -1.46. The average Bonchev–Trinajstić information content (AvgIpc) is 2.30. The van der Waals surface area contributed by atoms with Crippen LogP contribution >= 0.6 is 0 Å².